The second-order valence-electron chi connectivity index (χ2n) is 7.28. The summed E-state index contributed by atoms with van der Waals surface area (Å²) in [7, 11) is 3.22. The van der Waals surface area contributed by atoms with Gasteiger partial charge in [0.05, 0.1) is 32.0 Å². The van der Waals surface area contributed by atoms with E-state index in [2.05, 4.69) is 10.3 Å². The van der Waals surface area contributed by atoms with Crippen LogP contribution in [0, 0.1) is 0 Å². The number of thiophene rings is 1. The van der Waals surface area contributed by atoms with E-state index in [1.807, 2.05) is 66.0 Å². The average molecular weight is 444 g/mol. The third-order valence-electron chi connectivity index (χ3n) is 5.40. The van der Waals surface area contributed by atoms with Gasteiger partial charge in [-0.1, -0.05) is 24.3 Å². The third-order valence-corrected chi connectivity index (χ3v) is 6.27. The second-order valence-corrected chi connectivity index (χ2v) is 8.31. The lowest BCUT2D eigenvalue weighted by atomic mass is 10.0. The van der Waals surface area contributed by atoms with Crippen LogP contribution < -0.4 is 14.8 Å². The number of nitrogens with one attached hydrogen (secondary N) is 2. The van der Waals surface area contributed by atoms with Gasteiger partial charge in [0.2, 0.25) is 0 Å². The van der Waals surface area contributed by atoms with Crippen LogP contribution in [0.2, 0.25) is 0 Å². The minimum atomic E-state index is -0.223. The van der Waals surface area contributed by atoms with Gasteiger partial charge in [-0.15, -0.1) is 11.3 Å². The Morgan fingerprint density at radius 1 is 1.03 bits per heavy atom. The van der Waals surface area contributed by atoms with Gasteiger partial charge in [-0.2, -0.15) is 0 Å². The molecule has 0 aliphatic rings. The van der Waals surface area contributed by atoms with Gasteiger partial charge in [-0.3, -0.25) is 4.79 Å². The van der Waals surface area contributed by atoms with Crippen molar-refractivity contribution < 1.29 is 14.3 Å². The van der Waals surface area contributed by atoms with Crippen molar-refractivity contribution in [2.24, 2.45) is 0 Å². The zero-order valence-electron chi connectivity index (χ0n) is 17.6. The predicted molar refractivity (Wildman–Crippen MR) is 128 cm³/mol. The molecule has 0 aliphatic heterocycles. The fourth-order valence-corrected chi connectivity index (χ4v) is 4.47. The topological polar surface area (TPSA) is 76.2 Å². The van der Waals surface area contributed by atoms with E-state index in [1.54, 1.807) is 25.6 Å². The lowest BCUT2D eigenvalue weighted by Gasteiger charge is -2.12. The Kier molecular flexibility index (Phi) is 5.25. The summed E-state index contributed by atoms with van der Waals surface area (Å²) in [6.45, 7) is 0.464. The third kappa shape index (κ3) is 3.56. The predicted octanol–water partition coefficient (Wildman–Crippen LogP) is 5.39. The molecule has 5 rings (SSSR count). The Labute approximate surface area is 188 Å². The first-order valence-electron chi connectivity index (χ1n) is 10.1. The Morgan fingerprint density at radius 3 is 2.69 bits per heavy atom. The van der Waals surface area contributed by atoms with Crippen molar-refractivity contribution in [2.75, 3.05) is 14.2 Å². The van der Waals surface area contributed by atoms with E-state index in [9.17, 15) is 4.79 Å². The van der Waals surface area contributed by atoms with E-state index >= 15 is 0 Å². The van der Waals surface area contributed by atoms with Gasteiger partial charge in [0.25, 0.3) is 5.91 Å². The Morgan fingerprint density at radius 2 is 1.91 bits per heavy atom. The van der Waals surface area contributed by atoms with Crippen LogP contribution in [-0.2, 0) is 6.54 Å². The number of hydrogen-bond acceptors (Lipinski definition) is 5. The molecule has 2 N–H and O–H groups in total. The average Bonchev–Trinajstić information content (AvgIpc) is 3.49. The highest BCUT2D eigenvalue weighted by atomic mass is 32.1. The largest absolute Gasteiger partial charge is 0.497 e. The van der Waals surface area contributed by atoms with Gasteiger partial charge in [0.1, 0.15) is 17.2 Å². The number of pyridine rings is 1. The second kappa shape index (κ2) is 8.36. The van der Waals surface area contributed by atoms with Crippen LogP contribution in [0.4, 0.5) is 0 Å². The molecule has 0 radical (unpaired) electrons. The molecule has 0 spiro atoms. The van der Waals surface area contributed by atoms with Crippen molar-refractivity contribution in [1.29, 1.82) is 0 Å². The Bertz CT molecular complexity index is 1420. The highest BCUT2D eigenvalue weighted by Crippen LogP contribution is 2.38. The number of methoxy groups -OCH3 is 2. The Balaban J connectivity index is 1.68. The quantitative estimate of drug-likeness (QED) is 0.369. The first kappa shape index (κ1) is 20.1. The monoisotopic (exact) mass is 443 g/mol. The molecule has 1 amide bonds. The summed E-state index contributed by atoms with van der Waals surface area (Å²) in [6.07, 6.45) is 0. The first-order chi connectivity index (χ1) is 15.7. The number of benzene rings is 2. The minimum Gasteiger partial charge on any atom is -0.497 e. The van der Waals surface area contributed by atoms with E-state index < -0.39 is 0 Å². The molecule has 32 heavy (non-hydrogen) atoms. The number of rotatable bonds is 6. The summed E-state index contributed by atoms with van der Waals surface area (Å²) in [5, 5.41) is 6.94. The number of aromatic nitrogens is 2. The normalized spacial score (nSPS) is 11.1. The fraction of sp³-hybridized carbons (Fsp3) is 0.120. The number of carbonyl (C=O) groups excluding carboxylic acids is 1. The number of nitrogens with zero attached hydrogens (tertiary/aromatic N) is 1. The summed E-state index contributed by atoms with van der Waals surface area (Å²) in [5.74, 6) is 1.08. The van der Waals surface area contributed by atoms with Crippen molar-refractivity contribution in [2.45, 2.75) is 6.54 Å². The number of para-hydroxylation sites is 1. The molecule has 2 aromatic carbocycles. The van der Waals surface area contributed by atoms with Gasteiger partial charge in [-0.25, -0.2) is 4.98 Å². The zero-order valence-corrected chi connectivity index (χ0v) is 18.5. The molecule has 5 aromatic rings. The molecular formula is C25H21N3O3S. The van der Waals surface area contributed by atoms with E-state index in [4.69, 9.17) is 14.5 Å². The summed E-state index contributed by atoms with van der Waals surface area (Å²) in [6, 6.07) is 19.4. The molecule has 0 atom stereocenters. The number of amides is 1. The van der Waals surface area contributed by atoms with Crippen LogP contribution in [0.15, 0.2) is 66.0 Å². The van der Waals surface area contributed by atoms with Crippen LogP contribution >= 0.6 is 11.3 Å². The molecule has 6 nitrogen and oxygen atoms in total. The maximum Gasteiger partial charge on any atom is 0.270 e. The van der Waals surface area contributed by atoms with Crippen LogP contribution in [0.3, 0.4) is 0 Å². The summed E-state index contributed by atoms with van der Waals surface area (Å²) < 4.78 is 11.0. The van der Waals surface area contributed by atoms with E-state index in [1.165, 1.54) is 0 Å². The van der Waals surface area contributed by atoms with Crippen molar-refractivity contribution in [3.63, 3.8) is 0 Å². The lowest BCUT2D eigenvalue weighted by molar-refractivity contribution is 0.0946. The zero-order chi connectivity index (χ0) is 22.1. The summed E-state index contributed by atoms with van der Waals surface area (Å²) >= 11 is 1.61. The number of fused-ring (bicyclic) bond motifs is 3. The van der Waals surface area contributed by atoms with Gasteiger partial charge < -0.3 is 19.8 Å². The van der Waals surface area contributed by atoms with Gasteiger partial charge in [0, 0.05) is 32.8 Å². The number of carbonyl (C=O) groups is 1. The summed E-state index contributed by atoms with van der Waals surface area (Å²) in [4.78, 5) is 22.4. The first-order valence-corrected chi connectivity index (χ1v) is 11.0. The molecule has 7 heteroatoms. The highest BCUT2D eigenvalue weighted by Gasteiger charge is 2.19. The molecule has 3 aromatic heterocycles. The molecule has 0 saturated heterocycles. The molecule has 160 valence electrons. The van der Waals surface area contributed by atoms with Crippen LogP contribution in [0.25, 0.3) is 33.1 Å². The van der Waals surface area contributed by atoms with Crippen LogP contribution in [-0.4, -0.2) is 30.1 Å². The van der Waals surface area contributed by atoms with Crippen molar-refractivity contribution in [3.8, 4) is 22.8 Å². The van der Waals surface area contributed by atoms with Gasteiger partial charge in [-0.05, 0) is 35.7 Å². The van der Waals surface area contributed by atoms with E-state index in [-0.39, 0.29) is 5.91 Å². The molecule has 0 aliphatic carbocycles. The lowest BCUT2D eigenvalue weighted by Crippen LogP contribution is -2.23. The molecule has 0 bridgehead atoms. The van der Waals surface area contributed by atoms with E-state index in [0.717, 1.165) is 32.2 Å². The van der Waals surface area contributed by atoms with Crippen LogP contribution in [0.1, 0.15) is 15.4 Å². The number of aromatic amines is 1. The Hall–Kier alpha value is -3.84. The highest BCUT2D eigenvalue weighted by molar-refractivity contribution is 7.09. The van der Waals surface area contributed by atoms with Gasteiger partial charge in [0.15, 0.2) is 0 Å². The van der Waals surface area contributed by atoms with Gasteiger partial charge >= 0.3 is 0 Å². The SMILES string of the molecule is COc1ccc(-c2nc(C(=O)NCc3cccs3)cc3c2[nH]c2ccccc23)c(OC)c1. The molecule has 0 saturated carbocycles. The minimum absolute atomic E-state index is 0.223. The smallest absolute Gasteiger partial charge is 0.270 e. The molecule has 0 fully saturated rings. The fourth-order valence-electron chi connectivity index (χ4n) is 3.82. The van der Waals surface area contributed by atoms with E-state index in [0.29, 0.717) is 29.4 Å². The van der Waals surface area contributed by atoms with Crippen molar-refractivity contribution in [1.82, 2.24) is 15.3 Å². The molecular weight excluding hydrogens is 422 g/mol. The van der Waals surface area contributed by atoms with Crippen LogP contribution in [0.5, 0.6) is 11.5 Å². The molecule has 3 heterocycles. The number of hydrogen-bond donors (Lipinski definition) is 2. The standard InChI is InChI=1S/C25H21N3O3S/c1-30-15-9-10-18(22(12-15)31-2)23-24-19(17-7-3-4-8-20(17)27-24)13-21(28-23)25(29)26-14-16-6-5-11-32-16/h3-13,27H,14H2,1-2H3,(H,26,29). The number of H-pyrrole nitrogens is 1. The maximum atomic E-state index is 13.0. The number of ether oxygens (including phenoxy) is 2. The van der Waals surface area contributed by atoms with Crippen molar-refractivity contribution >= 4 is 39.0 Å². The maximum absolute atomic E-state index is 13.0. The molecule has 0 unspecified atom stereocenters. The van der Waals surface area contributed by atoms with Crippen molar-refractivity contribution in [3.05, 3.63) is 76.6 Å². The summed E-state index contributed by atoms with van der Waals surface area (Å²) in [5.41, 5.74) is 3.61.